The van der Waals surface area contributed by atoms with Crippen LogP contribution in [0.1, 0.15) is 40.5 Å². The molecule has 1 saturated heterocycles. The van der Waals surface area contributed by atoms with E-state index in [0.29, 0.717) is 18.5 Å². The molecule has 2 aromatic rings. The van der Waals surface area contributed by atoms with Gasteiger partial charge in [-0.25, -0.2) is 4.79 Å². The molecule has 1 aliphatic rings. The Labute approximate surface area is 199 Å². The van der Waals surface area contributed by atoms with E-state index in [1.807, 2.05) is 48.5 Å². The zero-order valence-corrected chi connectivity index (χ0v) is 20.4. The number of hydrogen-bond donors (Lipinski definition) is 1. The maximum Gasteiger partial charge on any atom is 0.330 e. The highest BCUT2D eigenvalue weighted by Crippen LogP contribution is 2.13. The van der Waals surface area contributed by atoms with E-state index in [0.717, 1.165) is 18.4 Å². The van der Waals surface area contributed by atoms with Crippen molar-refractivity contribution in [2.24, 2.45) is 0 Å². The topological polar surface area (TPSA) is 77.5 Å². The van der Waals surface area contributed by atoms with E-state index in [1.54, 1.807) is 12.1 Å². The molecule has 0 spiro atoms. The van der Waals surface area contributed by atoms with Crippen LogP contribution in [0, 0.1) is 0 Å². The summed E-state index contributed by atoms with van der Waals surface area (Å²) in [5, 5.41) is 9.42. The van der Waals surface area contributed by atoms with E-state index >= 15 is 0 Å². The second-order valence-electron chi connectivity index (χ2n) is 7.11. The highest BCUT2D eigenvalue weighted by molar-refractivity contribution is 5.81. The van der Waals surface area contributed by atoms with Crippen LogP contribution in [0.5, 0.6) is 11.5 Å². The highest BCUT2D eigenvalue weighted by Gasteiger charge is 2.22. The van der Waals surface area contributed by atoms with Crippen molar-refractivity contribution in [1.29, 1.82) is 0 Å². The second-order valence-corrected chi connectivity index (χ2v) is 7.11. The van der Waals surface area contributed by atoms with Crippen LogP contribution in [-0.4, -0.2) is 49.7 Å². The van der Waals surface area contributed by atoms with Crippen molar-refractivity contribution in [1.82, 2.24) is 0 Å². The van der Waals surface area contributed by atoms with Gasteiger partial charge in [0.25, 0.3) is 0 Å². The number of hydrogen-bond acceptors (Lipinski definition) is 6. The van der Waals surface area contributed by atoms with Crippen LogP contribution < -0.4 is 9.47 Å². The van der Waals surface area contributed by atoms with Gasteiger partial charge in [-0.2, -0.15) is 0 Å². The van der Waals surface area contributed by atoms with E-state index in [1.165, 1.54) is 12.8 Å². The first-order valence-corrected chi connectivity index (χ1v) is 11.4. The molecular weight excluding hydrogens is 420 g/mol. The Kier molecular flexibility index (Phi) is 19.2. The molecule has 6 nitrogen and oxygen atoms in total. The van der Waals surface area contributed by atoms with Crippen LogP contribution in [0.4, 0.5) is 0 Å². The summed E-state index contributed by atoms with van der Waals surface area (Å²) in [5.74, 6) is 1.03. The van der Waals surface area contributed by atoms with Crippen molar-refractivity contribution in [3.05, 3.63) is 73.3 Å². The van der Waals surface area contributed by atoms with Gasteiger partial charge in [0.05, 0.1) is 6.61 Å². The van der Waals surface area contributed by atoms with Crippen molar-refractivity contribution in [3.8, 4) is 11.5 Å². The van der Waals surface area contributed by atoms with Gasteiger partial charge in [-0.1, -0.05) is 83.5 Å². The molecule has 33 heavy (non-hydrogen) atoms. The van der Waals surface area contributed by atoms with E-state index in [2.05, 4.69) is 39.0 Å². The number of esters is 1. The van der Waals surface area contributed by atoms with Crippen LogP contribution >= 0.6 is 0 Å². The molecule has 6 heteroatoms. The number of aliphatic hydroxyl groups is 1. The van der Waals surface area contributed by atoms with Gasteiger partial charge in [0.1, 0.15) is 43.5 Å². The third-order valence-electron chi connectivity index (χ3n) is 3.35. The predicted octanol–water partition coefficient (Wildman–Crippen LogP) is 5.45. The van der Waals surface area contributed by atoms with Gasteiger partial charge in [0.2, 0.25) is 0 Å². The molecule has 1 fully saturated rings. The largest absolute Gasteiger partial charge is 0.491 e. The number of carbonyl (C=O) groups excluding carboxylic acids is 1. The summed E-state index contributed by atoms with van der Waals surface area (Å²) in [4.78, 5) is 10.7. The minimum atomic E-state index is -0.843. The van der Waals surface area contributed by atoms with E-state index in [4.69, 9.17) is 14.2 Å². The van der Waals surface area contributed by atoms with Crippen molar-refractivity contribution in [3.63, 3.8) is 0 Å². The lowest BCUT2D eigenvalue weighted by molar-refractivity contribution is -0.141. The molecule has 0 aromatic heterocycles. The molecule has 0 amide bonds. The zero-order chi connectivity index (χ0) is 24.7. The summed E-state index contributed by atoms with van der Waals surface area (Å²) in [7, 11) is 0. The van der Waals surface area contributed by atoms with Crippen LogP contribution in [0.25, 0.3) is 0 Å². The molecule has 1 aliphatic heterocycles. The summed E-state index contributed by atoms with van der Waals surface area (Å²) < 4.78 is 20.3. The molecule has 1 N–H and O–H groups in total. The molecule has 184 valence electrons. The average Bonchev–Trinajstić information content (AvgIpc) is 3.67. The number of para-hydroxylation sites is 2. The lowest BCUT2D eigenvalue weighted by Crippen LogP contribution is -2.24. The van der Waals surface area contributed by atoms with Gasteiger partial charge >= 0.3 is 5.97 Å². The fourth-order valence-corrected chi connectivity index (χ4v) is 1.86. The summed E-state index contributed by atoms with van der Waals surface area (Å²) >= 11 is 0. The zero-order valence-electron chi connectivity index (χ0n) is 20.4. The van der Waals surface area contributed by atoms with Crippen LogP contribution in [0.3, 0.4) is 0 Å². The fourth-order valence-electron chi connectivity index (χ4n) is 1.86. The number of aliphatic hydroxyl groups excluding tert-OH is 1. The summed E-state index contributed by atoms with van der Waals surface area (Å²) in [6.07, 6.45) is 3.05. The SMILES string of the molecule is C=CC(=O)OCC(O)COc1ccccc1.CCC.CCC.c1ccc(OCC2CO2)cc1. The Morgan fingerprint density at radius 3 is 1.85 bits per heavy atom. The Balaban J connectivity index is 0.000000518. The van der Waals surface area contributed by atoms with Gasteiger partial charge in [-0.3, -0.25) is 0 Å². The van der Waals surface area contributed by atoms with Crippen molar-refractivity contribution in [2.75, 3.05) is 26.4 Å². The minimum absolute atomic E-state index is 0.0778. The lowest BCUT2D eigenvalue weighted by Gasteiger charge is -2.11. The number of ether oxygens (including phenoxy) is 4. The van der Waals surface area contributed by atoms with Gasteiger partial charge in [0.15, 0.2) is 0 Å². The van der Waals surface area contributed by atoms with Gasteiger partial charge in [-0.05, 0) is 24.3 Å². The predicted molar refractivity (Wildman–Crippen MR) is 133 cm³/mol. The monoisotopic (exact) mass is 460 g/mol. The Bertz CT molecular complexity index is 699. The molecule has 0 radical (unpaired) electrons. The molecule has 2 aromatic carbocycles. The van der Waals surface area contributed by atoms with Crippen molar-refractivity contribution in [2.45, 2.75) is 52.7 Å². The maximum absolute atomic E-state index is 10.7. The minimum Gasteiger partial charge on any atom is -0.491 e. The number of rotatable bonds is 9. The molecule has 2 atom stereocenters. The van der Waals surface area contributed by atoms with Gasteiger partial charge in [-0.15, -0.1) is 0 Å². The van der Waals surface area contributed by atoms with Crippen LogP contribution in [-0.2, 0) is 14.3 Å². The van der Waals surface area contributed by atoms with Gasteiger partial charge in [0, 0.05) is 6.08 Å². The highest BCUT2D eigenvalue weighted by atomic mass is 16.6. The Morgan fingerprint density at radius 2 is 1.42 bits per heavy atom. The smallest absolute Gasteiger partial charge is 0.330 e. The Morgan fingerprint density at radius 1 is 0.970 bits per heavy atom. The molecule has 1 heterocycles. The van der Waals surface area contributed by atoms with E-state index in [-0.39, 0.29) is 13.2 Å². The molecular formula is C27H40O6. The number of benzene rings is 2. The molecule has 3 rings (SSSR count). The third-order valence-corrected chi connectivity index (χ3v) is 3.35. The first-order valence-electron chi connectivity index (χ1n) is 11.4. The van der Waals surface area contributed by atoms with Crippen LogP contribution in [0.2, 0.25) is 0 Å². The molecule has 0 saturated carbocycles. The first-order chi connectivity index (χ1) is 16.0. The second kappa shape index (κ2) is 21.0. The molecule has 0 aliphatic carbocycles. The van der Waals surface area contributed by atoms with E-state index in [9.17, 15) is 9.90 Å². The van der Waals surface area contributed by atoms with Crippen molar-refractivity contribution >= 4 is 5.97 Å². The van der Waals surface area contributed by atoms with E-state index < -0.39 is 12.1 Å². The number of carbonyl (C=O) groups is 1. The van der Waals surface area contributed by atoms with Crippen LogP contribution in [0.15, 0.2) is 73.3 Å². The third kappa shape index (κ3) is 19.6. The van der Waals surface area contributed by atoms with Gasteiger partial charge < -0.3 is 24.1 Å². The van der Waals surface area contributed by atoms with Crippen molar-refractivity contribution < 1.29 is 28.8 Å². The molecule has 0 bridgehead atoms. The quantitative estimate of drug-likeness (QED) is 0.304. The normalized spacial score (nSPS) is 13.8. The fraction of sp³-hybridized carbons (Fsp3) is 0.444. The number of epoxide rings is 1. The summed E-state index contributed by atoms with van der Waals surface area (Å²) in [5.41, 5.74) is 0. The first kappa shape index (κ1) is 30.2. The standard InChI is InChI=1S/C12H14O4.C9H10O2.2C3H8/c1-2-12(14)16-9-10(13)8-15-11-6-4-3-5-7-11;1-2-4-8(5-3-1)10-6-9-7-11-9;2*1-3-2/h2-7,10,13H,1,8-9H2;1-5,9H,6-7H2;2*3H2,1-2H3. The summed E-state index contributed by atoms with van der Waals surface area (Å²) in [6, 6.07) is 18.9. The lowest BCUT2D eigenvalue weighted by atomic mass is 10.3. The maximum atomic E-state index is 10.7. The summed E-state index contributed by atoms with van der Waals surface area (Å²) in [6.45, 7) is 13.3. The average molecular weight is 461 g/mol. The molecule has 2 unspecified atom stereocenters. The Hall–Kier alpha value is -2.83.